The normalized spacial score (nSPS) is 13.9. The minimum absolute atomic E-state index is 0.0621. The summed E-state index contributed by atoms with van der Waals surface area (Å²) in [6.45, 7) is 9.33. The highest BCUT2D eigenvalue weighted by atomic mass is 16.5. The average Bonchev–Trinajstić information content (AvgIpc) is 2.35. The molecule has 1 N–H and O–H groups in total. The maximum absolute atomic E-state index is 11.9. The van der Waals surface area contributed by atoms with E-state index in [0.717, 1.165) is 0 Å². The number of rotatable bonds is 7. The van der Waals surface area contributed by atoms with Crippen LogP contribution in [0.25, 0.3) is 0 Å². The second-order valence-corrected chi connectivity index (χ2v) is 4.06. The molecule has 0 rings (SSSR count). The van der Waals surface area contributed by atoms with E-state index in [-0.39, 0.29) is 23.8 Å². The van der Waals surface area contributed by atoms with Gasteiger partial charge in [0.05, 0.1) is 19.1 Å². The van der Waals surface area contributed by atoms with Crippen molar-refractivity contribution >= 4 is 11.9 Å². The molecule has 0 bridgehead atoms. The molecule has 0 heterocycles. The number of carbonyl (C=O) groups is 2. The molecule has 0 aromatic rings. The average molecular weight is 244 g/mol. The Bertz CT molecular complexity index is 252. The summed E-state index contributed by atoms with van der Waals surface area (Å²) in [4.78, 5) is 24.9. The van der Waals surface area contributed by atoms with Crippen LogP contribution in [0.4, 0.5) is 0 Å². The van der Waals surface area contributed by atoms with Crippen LogP contribution in [-0.4, -0.2) is 49.6 Å². The predicted octanol–water partition coefficient (Wildman–Crippen LogP) is 0.642. The zero-order chi connectivity index (χ0) is 13.4. The van der Waals surface area contributed by atoms with Crippen LogP contribution >= 0.6 is 0 Å². The summed E-state index contributed by atoms with van der Waals surface area (Å²) in [5.74, 6) is -0.445. The molecule has 0 fully saturated rings. The van der Waals surface area contributed by atoms with E-state index in [1.54, 1.807) is 11.8 Å². The summed E-state index contributed by atoms with van der Waals surface area (Å²) in [5.41, 5.74) is 0. The molecule has 0 aliphatic carbocycles. The number of carbonyl (C=O) groups excluding carboxylic acids is 2. The summed E-state index contributed by atoms with van der Waals surface area (Å²) in [7, 11) is 1.36. The summed E-state index contributed by atoms with van der Waals surface area (Å²) in [5, 5.41) is 3.05. The van der Waals surface area contributed by atoms with Crippen molar-refractivity contribution in [3.05, 3.63) is 0 Å². The molecule has 0 saturated heterocycles. The van der Waals surface area contributed by atoms with Crippen molar-refractivity contribution in [2.45, 2.75) is 33.7 Å². The molecule has 0 aromatic carbocycles. The van der Waals surface area contributed by atoms with E-state index in [9.17, 15) is 9.59 Å². The number of hydrogen-bond donors (Lipinski definition) is 1. The third-order valence-electron chi connectivity index (χ3n) is 2.78. The molecule has 2 atom stereocenters. The van der Waals surface area contributed by atoms with Crippen LogP contribution in [0.2, 0.25) is 0 Å². The first kappa shape index (κ1) is 15.9. The highest BCUT2D eigenvalue weighted by Gasteiger charge is 2.20. The molecule has 17 heavy (non-hydrogen) atoms. The molecule has 100 valence electrons. The van der Waals surface area contributed by atoms with Crippen molar-refractivity contribution in [2.75, 3.05) is 26.7 Å². The van der Waals surface area contributed by atoms with Crippen LogP contribution in [0, 0.1) is 5.92 Å². The minimum atomic E-state index is -0.276. The third kappa shape index (κ3) is 5.17. The molecule has 0 saturated carbocycles. The number of likely N-dealkylation sites (N-methyl/N-ethyl adjacent to an activating group) is 1. The van der Waals surface area contributed by atoms with Crippen LogP contribution in [0.15, 0.2) is 0 Å². The first-order valence-electron chi connectivity index (χ1n) is 6.07. The summed E-state index contributed by atoms with van der Waals surface area (Å²) in [6.07, 6.45) is 0. The smallest absolute Gasteiger partial charge is 0.309 e. The minimum Gasteiger partial charge on any atom is -0.469 e. The lowest BCUT2D eigenvalue weighted by Crippen LogP contribution is -2.46. The second kappa shape index (κ2) is 8.06. The van der Waals surface area contributed by atoms with Crippen LogP contribution in [-0.2, 0) is 14.3 Å². The van der Waals surface area contributed by atoms with Crippen LogP contribution in [0.5, 0.6) is 0 Å². The van der Waals surface area contributed by atoms with Gasteiger partial charge in [-0.15, -0.1) is 0 Å². The lowest BCUT2D eigenvalue weighted by molar-refractivity contribution is -0.145. The zero-order valence-electron chi connectivity index (χ0n) is 11.4. The molecule has 0 aromatic heterocycles. The van der Waals surface area contributed by atoms with E-state index < -0.39 is 0 Å². The monoisotopic (exact) mass is 244 g/mol. The van der Waals surface area contributed by atoms with Gasteiger partial charge in [0.2, 0.25) is 5.91 Å². The summed E-state index contributed by atoms with van der Waals surface area (Å²) in [6, 6.07) is -0.276. The van der Waals surface area contributed by atoms with Gasteiger partial charge in [-0.2, -0.15) is 0 Å². The van der Waals surface area contributed by atoms with E-state index in [1.165, 1.54) is 7.11 Å². The lowest BCUT2D eigenvalue weighted by atomic mass is 10.1. The molecular weight excluding hydrogens is 220 g/mol. The first-order valence-corrected chi connectivity index (χ1v) is 6.07. The van der Waals surface area contributed by atoms with Gasteiger partial charge in [0.1, 0.15) is 0 Å². The quantitative estimate of drug-likeness (QED) is 0.668. The Morgan fingerprint density at radius 3 is 2.18 bits per heavy atom. The molecule has 2 unspecified atom stereocenters. The first-order chi connectivity index (χ1) is 7.97. The SMILES string of the molecule is CCN(CC)C(=O)C(C)NCC(C)C(=O)OC. The fraction of sp³-hybridized carbons (Fsp3) is 0.833. The number of amides is 1. The van der Waals surface area contributed by atoms with Gasteiger partial charge in [0.15, 0.2) is 0 Å². The van der Waals surface area contributed by atoms with Crippen molar-refractivity contribution in [3.8, 4) is 0 Å². The Labute approximate surface area is 103 Å². The Balaban J connectivity index is 4.13. The fourth-order valence-corrected chi connectivity index (χ4v) is 1.53. The molecule has 0 radical (unpaired) electrons. The van der Waals surface area contributed by atoms with Gasteiger partial charge in [0.25, 0.3) is 0 Å². The van der Waals surface area contributed by atoms with Gasteiger partial charge in [-0.1, -0.05) is 6.92 Å². The van der Waals surface area contributed by atoms with Gasteiger partial charge < -0.3 is 15.0 Å². The van der Waals surface area contributed by atoms with Gasteiger partial charge in [-0.05, 0) is 20.8 Å². The lowest BCUT2D eigenvalue weighted by Gasteiger charge is -2.24. The van der Waals surface area contributed by atoms with Crippen LogP contribution < -0.4 is 5.32 Å². The van der Waals surface area contributed by atoms with Crippen molar-refractivity contribution in [3.63, 3.8) is 0 Å². The molecule has 5 heteroatoms. The number of esters is 1. The number of ether oxygens (including phenoxy) is 1. The van der Waals surface area contributed by atoms with Gasteiger partial charge in [-0.25, -0.2) is 0 Å². The van der Waals surface area contributed by atoms with Crippen molar-refractivity contribution in [1.29, 1.82) is 0 Å². The van der Waals surface area contributed by atoms with E-state index in [2.05, 4.69) is 10.1 Å². The molecule has 0 aliphatic rings. The maximum Gasteiger partial charge on any atom is 0.309 e. The van der Waals surface area contributed by atoms with Gasteiger partial charge in [-0.3, -0.25) is 9.59 Å². The van der Waals surface area contributed by atoms with E-state index in [0.29, 0.717) is 19.6 Å². The molecule has 5 nitrogen and oxygen atoms in total. The number of nitrogens with one attached hydrogen (secondary N) is 1. The van der Waals surface area contributed by atoms with E-state index >= 15 is 0 Å². The highest BCUT2D eigenvalue weighted by Crippen LogP contribution is 1.99. The number of nitrogens with zero attached hydrogens (tertiary/aromatic N) is 1. The van der Waals surface area contributed by atoms with Crippen molar-refractivity contribution in [1.82, 2.24) is 10.2 Å². The predicted molar refractivity (Wildman–Crippen MR) is 66.6 cm³/mol. The van der Waals surface area contributed by atoms with E-state index in [1.807, 2.05) is 20.8 Å². The van der Waals surface area contributed by atoms with Crippen molar-refractivity contribution in [2.24, 2.45) is 5.92 Å². The molecule has 1 amide bonds. The highest BCUT2D eigenvalue weighted by molar-refractivity contribution is 5.81. The van der Waals surface area contributed by atoms with Crippen LogP contribution in [0.3, 0.4) is 0 Å². The Morgan fingerprint density at radius 2 is 1.76 bits per heavy atom. The zero-order valence-corrected chi connectivity index (χ0v) is 11.4. The second-order valence-electron chi connectivity index (χ2n) is 4.06. The third-order valence-corrected chi connectivity index (χ3v) is 2.78. The molecular formula is C12H24N2O3. The fourth-order valence-electron chi connectivity index (χ4n) is 1.53. The topological polar surface area (TPSA) is 58.6 Å². The Morgan fingerprint density at radius 1 is 1.24 bits per heavy atom. The largest absolute Gasteiger partial charge is 0.469 e. The summed E-state index contributed by atoms with van der Waals surface area (Å²) < 4.78 is 4.62. The standard InChI is InChI=1S/C12H24N2O3/c1-6-14(7-2)11(15)10(4)13-8-9(3)12(16)17-5/h9-10,13H,6-8H2,1-5H3. The molecule has 0 spiro atoms. The van der Waals surface area contributed by atoms with Crippen LogP contribution in [0.1, 0.15) is 27.7 Å². The number of methoxy groups -OCH3 is 1. The summed E-state index contributed by atoms with van der Waals surface area (Å²) >= 11 is 0. The van der Waals surface area contributed by atoms with Crippen molar-refractivity contribution < 1.29 is 14.3 Å². The van der Waals surface area contributed by atoms with E-state index in [4.69, 9.17) is 0 Å². The maximum atomic E-state index is 11.9. The Kier molecular flexibility index (Phi) is 7.54. The van der Waals surface area contributed by atoms with Gasteiger partial charge in [0, 0.05) is 19.6 Å². The number of hydrogen-bond acceptors (Lipinski definition) is 4. The van der Waals surface area contributed by atoms with Gasteiger partial charge >= 0.3 is 5.97 Å². The molecule has 0 aliphatic heterocycles. The Hall–Kier alpha value is -1.10.